The van der Waals surface area contributed by atoms with Crippen molar-refractivity contribution < 1.29 is 4.79 Å². The summed E-state index contributed by atoms with van der Waals surface area (Å²) in [6, 6.07) is 10.2. The summed E-state index contributed by atoms with van der Waals surface area (Å²) >= 11 is 0. The Morgan fingerprint density at radius 1 is 1.14 bits per heavy atom. The molecule has 0 saturated heterocycles. The lowest BCUT2D eigenvalue weighted by molar-refractivity contribution is -0.122. The molecule has 21 heavy (non-hydrogen) atoms. The van der Waals surface area contributed by atoms with Gasteiger partial charge in [-0.15, -0.1) is 0 Å². The van der Waals surface area contributed by atoms with Gasteiger partial charge in [0.1, 0.15) is 0 Å². The van der Waals surface area contributed by atoms with Crippen molar-refractivity contribution in [2.24, 2.45) is 11.1 Å². The predicted molar refractivity (Wildman–Crippen MR) is 88.9 cm³/mol. The highest BCUT2D eigenvalue weighted by Crippen LogP contribution is 2.29. The fourth-order valence-electron chi connectivity index (χ4n) is 2.25. The van der Waals surface area contributed by atoms with Gasteiger partial charge in [0.05, 0.1) is 6.04 Å². The molecule has 1 amide bonds. The van der Waals surface area contributed by atoms with Gasteiger partial charge in [0.15, 0.2) is 0 Å². The summed E-state index contributed by atoms with van der Waals surface area (Å²) in [5.41, 5.74) is 6.96. The summed E-state index contributed by atoms with van der Waals surface area (Å²) in [5.74, 6) is 0.0756. The Kier molecular flexibility index (Phi) is 5.97. The summed E-state index contributed by atoms with van der Waals surface area (Å²) in [7, 11) is 0. The van der Waals surface area contributed by atoms with Gasteiger partial charge in [-0.2, -0.15) is 0 Å². The Balaban J connectivity index is 2.72. The van der Waals surface area contributed by atoms with Crippen LogP contribution in [0.2, 0.25) is 0 Å². The fraction of sp³-hybridized carbons (Fsp3) is 0.611. The number of carbonyl (C=O) groups is 1. The summed E-state index contributed by atoms with van der Waals surface area (Å²) in [6.07, 6.45) is 2.07. The Morgan fingerprint density at radius 2 is 1.71 bits per heavy atom. The van der Waals surface area contributed by atoms with Gasteiger partial charge < -0.3 is 11.1 Å². The van der Waals surface area contributed by atoms with Crippen LogP contribution in [0.1, 0.15) is 65.5 Å². The molecular formula is C18H30N2O. The average molecular weight is 290 g/mol. The first-order valence-electron chi connectivity index (χ1n) is 7.70. The van der Waals surface area contributed by atoms with Crippen molar-refractivity contribution in [1.82, 2.24) is 5.32 Å². The van der Waals surface area contributed by atoms with Crippen molar-refractivity contribution in [1.29, 1.82) is 0 Å². The lowest BCUT2D eigenvalue weighted by Gasteiger charge is -2.28. The van der Waals surface area contributed by atoms with Crippen LogP contribution in [-0.2, 0) is 4.79 Å². The van der Waals surface area contributed by atoms with Gasteiger partial charge in [-0.25, -0.2) is 0 Å². The van der Waals surface area contributed by atoms with Gasteiger partial charge in [0, 0.05) is 12.0 Å². The minimum Gasteiger partial charge on any atom is -0.349 e. The summed E-state index contributed by atoms with van der Waals surface area (Å²) in [5, 5.41) is 3.17. The number of hydrogen-bond acceptors (Lipinski definition) is 2. The van der Waals surface area contributed by atoms with Gasteiger partial charge in [-0.05, 0) is 37.7 Å². The third-order valence-electron chi connectivity index (χ3n) is 3.35. The Labute approximate surface area is 129 Å². The van der Waals surface area contributed by atoms with Crippen LogP contribution in [0.3, 0.4) is 0 Å². The molecule has 0 bridgehead atoms. The molecule has 0 saturated carbocycles. The van der Waals surface area contributed by atoms with Gasteiger partial charge in [-0.3, -0.25) is 4.79 Å². The van der Waals surface area contributed by atoms with Crippen molar-refractivity contribution in [3.8, 4) is 0 Å². The summed E-state index contributed by atoms with van der Waals surface area (Å²) in [6.45, 7) is 10.5. The molecule has 1 unspecified atom stereocenters. The monoisotopic (exact) mass is 290 g/mol. The van der Waals surface area contributed by atoms with Crippen molar-refractivity contribution in [2.75, 3.05) is 0 Å². The van der Waals surface area contributed by atoms with Gasteiger partial charge in [0.25, 0.3) is 0 Å². The zero-order chi connectivity index (χ0) is 16.1. The molecule has 0 aliphatic carbocycles. The average Bonchev–Trinajstić information content (AvgIpc) is 2.34. The van der Waals surface area contributed by atoms with Gasteiger partial charge >= 0.3 is 0 Å². The molecule has 0 spiro atoms. The van der Waals surface area contributed by atoms with Crippen LogP contribution in [0.25, 0.3) is 0 Å². The molecule has 3 nitrogen and oxygen atoms in total. The SMILES string of the molecule is CC(C)(C)CC(NC(=O)CCC(C)(C)N)c1ccccc1. The second kappa shape index (κ2) is 7.08. The Hall–Kier alpha value is -1.35. The van der Waals surface area contributed by atoms with E-state index in [2.05, 4.69) is 38.2 Å². The third kappa shape index (κ3) is 7.86. The molecule has 0 aliphatic heterocycles. The number of carbonyl (C=O) groups excluding carboxylic acids is 1. The molecule has 0 fully saturated rings. The molecule has 0 aliphatic rings. The molecular weight excluding hydrogens is 260 g/mol. The molecule has 0 heterocycles. The lowest BCUT2D eigenvalue weighted by Crippen LogP contribution is -2.36. The topological polar surface area (TPSA) is 55.1 Å². The third-order valence-corrected chi connectivity index (χ3v) is 3.35. The molecule has 0 aromatic heterocycles. The van der Waals surface area contributed by atoms with Crippen LogP contribution >= 0.6 is 0 Å². The molecule has 1 aromatic rings. The van der Waals surface area contributed by atoms with E-state index in [1.165, 1.54) is 0 Å². The minimum atomic E-state index is -0.302. The quantitative estimate of drug-likeness (QED) is 0.837. The standard InChI is InChI=1S/C18H30N2O/c1-17(2,3)13-15(14-9-7-6-8-10-14)20-16(21)11-12-18(4,5)19/h6-10,15H,11-13,19H2,1-5H3,(H,20,21). The maximum absolute atomic E-state index is 12.2. The van der Waals surface area contributed by atoms with Crippen molar-refractivity contribution in [3.05, 3.63) is 35.9 Å². The van der Waals surface area contributed by atoms with Crippen LogP contribution < -0.4 is 11.1 Å². The number of amides is 1. The van der Waals surface area contributed by atoms with Crippen molar-refractivity contribution in [3.63, 3.8) is 0 Å². The Bertz CT molecular complexity index is 441. The minimum absolute atomic E-state index is 0.0552. The van der Waals surface area contributed by atoms with Crippen molar-refractivity contribution >= 4 is 5.91 Å². The number of hydrogen-bond donors (Lipinski definition) is 2. The van der Waals surface area contributed by atoms with E-state index in [-0.39, 0.29) is 22.9 Å². The highest BCUT2D eigenvalue weighted by Gasteiger charge is 2.22. The van der Waals surface area contributed by atoms with Crippen molar-refractivity contribution in [2.45, 2.75) is 65.5 Å². The molecule has 118 valence electrons. The van der Waals surface area contributed by atoms with E-state index in [9.17, 15) is 4.79 Å². The van der Waals surface area contributed by atoms with E-state index >= 15 is 0 Å². The zero-order valence-electron chi connectivity index (χ0n) is 14.1. The largest absolute Gasteiger partial charge is 0.349 e. The number of benzene rings is 1. The summed E-state index contributed by atoms with van der Waals surface area (Å²) in [4.78, 5) is 12.2. The van der Waals surface area contributed by atoms with E-state index < -0.39 is 0 Å². The lowest BCUT2D eigenvalue weighted by atomic mass is 9.85. The second-order valence-electron chi connectivity index (χ2n) is 7.78. The molecule has 1 atom stereocenters. The van der Waals surface area contributed by atoms with E-state index in [0.29, 0.717) is 12.8 Å². The maximum Gasteiger partial charge on any atom is 0.220 e. The molecule has 3 N–H and O–H groups in total. The normalized spacial score (nSPS) is 13.8. The van der Waals surface area contributed by atoms with Crippen LogP contribution in [0.15, 0.2) is 30.3 Å². The van der Waals surface area contributed by atoms with Crippen LogP contribution in [0.4, 0.5) is 0 Å². The highest BCUT2D eigenvalue weighted by atomic mass is 16.1. The van der Waals surface area contributed by atoms with Crippen LogP contribution in [0.5, 0.6) is 0 Å². The Morgan fingerprint density at radius 3 is 2.19 bits per heavy atom. The van der Waals surface area contributed by atoms with Gasteiger partial charge in [0.2, 0.25) is 5.91 Å². The number of nitrogens with one attached hydrogen (secondary N) is 1. The number of rotatable bonds is 6. The molecule has 1 rings (SSSR count). The van der Waals surface area contributed by atoms with Crippen LogP contribution in [-0.4, -0.2) is 11.4 Å². The van der Waals surface area contributed by atoms with E-state index in [0.717, 1.165) is 12.0 Å². The zero-order valence-corrected chi connectivity index (χ0v) is 14.1. The first kappa shape index (κ1) is 17.7. The smallest absolute Gasteiger partial charge is 0.220 e. The van der Waals surface area contributed by atoms with Crippen LogP contribution in [0, 0.1) is 5.41 Å². The van der Waals surface area contributed by atoms with E-state index in [1.54, 1.807) is 0 Å². The first-order valence-corrected chi connectivity index (χ1v) is 7.70. The van der Waals surface area contributed by atoms with Gasteiger partial charge in [-0.1, -0.05) is 51.1 Å². The first-order chi connectivity index (χ1) is 9.57. The van der Waals surface area contributed by atoms with E-state index in [1.807, 2.05) is 32.0 Å². The summed E-state index contributed by atoms with van der Waals surface area (Å²) < 4.78 is 0. The number of nitrogens with two attached hydrogens (primary N) is 1. The van der Waals surface area contributed by atoms with E-state index in [4.69, 9.17) is 5.73 Å². The molecule has 0 radical (unpaired) electrons. The highest BCUT2D eigenvalue weighted by molar-refractivity contribution is 5.76. The molecule has 3 heteroatoms. The fourth-order valence-corrected chi connectivity index (χ4v) is 2.25. The predicted octanol–water partition coefficient (Wildman–Crippen LogP) is 3.80. The maximum atomic E-state index is 12.2. The molecule has 1 aromatic carbocycles. The second-order valence-corrected chi connectivity index (χ2v) is 7.78.